The van der Waals surface area contributed by atoms with E-state index >= 15 is 0 Å². The Bertz CT molecular complexity index is 1390. The van der Waals surface area contributed by atoms with Gasteiger partial charge in [-0.25, -0.2) is 8.42 Å². The summed E-state index contributed by atoms with van der Waals surface area (Å²) >= 11 is 0. The van der Waals surface area contributed by atoms with Crippen LogP contribution in [0.25, 0.3) is 15.8 Å². The largest absolute Gasteiger partial charge is 0.375 e. The number of sulfone groups is 1. The fourth-order valence-electron chi connectivity index (χ4n) is 4.35. The van der Waals surface area contributed by atoms with E-state index in [1.165, 1.54) is 0 Å². The number of H-pyrrole nitrogens is 1. The maximum absolute atomic E-state index is 13.5. The number of fused-ring (bicyclic) bond motifs is 1. The quantitative estimate of drug-likeness (QED) is 0.346. The van der Waals surface area contributed by atoms with Crippen molar-refractivity contribution in [3.05, 3.63) is 113 Å². The molecule has 0 bridgehead atoms. The maximum atomic E-state index is 13.5. The molecule has 0 amide bonds. The number of hydrogen-bond acceptors (Lipinski definition) is 3. The third kappa shape index (κ3) is 4.33. The molecule has 0 atom stereocenters. The molecule has 3 aromatic carbocycles. The Morgan fingerprint density at radius 3 is 1.85 bits per heavy atom. The molecule has 0 aliphatic heterocycles. The summed E-state index contributed by atoms with van der Waals surface area (Å²) in [5.41, 5.74) is 1.03. The predicted octanol–water partition coefficient (Wildman–Crippen LogP) is 6.27. The minimum Gasteiger partial charge on any atom is -0.375 e. The molecule has 5 heteroatoms. The summed E-state index contributed by atoms with van der Waals surface area (Å²) in [6.07, 6.45) is 1.81. The average molecular weight is 474 g/mol. The molecular weight excluding hydrogens is 442 g/mol. The summed E-state index contributed by atoms with van der Waals surface area (Å²) in [6, 6.07) is 26.4. The van der Waals surface area contributed by atoms with Gasteiger partial charge in [-0.15, -0.1) is 0 Å². The molecule has 0 aliphatic carbocycles. The molecule has 0 saturated heterocycles. The van der Waals surface area contributed by atoms with E-state index in [1.807, 2.05) is 106 Å². The molecule has 0 fully saturated rings. The first kappa shape index (κ1) is 24.0. The first-order valence-electron chi connectivity index (χ1n) is 11.5. The van der Waals surface area contributed by atoms with E-state index in [4.69, 9.17) is 0 Å². The molecule has 0 aliphatic rings. The van der Waals surface area contributed by atoms with E-state index in [0.29, 0.717) is 22.4 Å². The number of hydrogen-bond donors (Lipinski definition) is 2. The van der Waals surface area contributed by atoms with Gasteiger partial charge >= 0.3 is 0 Å². The number of aromatic amines is 1. The summed E-state index contributed by atoms with van der Waals surface area (Å²) in [5, 5.41) is 13.3. The topological polar surface area (TPSA) is 70.2 Å². The van der Waals surface area contributed by atoms with Crippen molar-refractivity contribution in [3.8, 4) is 0 Å². The summed E-state index contributed by atoms with van der Waals surface area (Å²) in [4.78, 5) is 3.65. The molecule has 0 saturated carbocycles. The SMILES string of the molecule is CCS(=O)(=O)/C(=C/C(C)(C)C)c1c(C(O)(c2ccccc2)c2ccccc2)[nH]c2ccccc12. The smallest absolute Gasteiger partial charge is 0.178 e. The number of benzene rings is 3. The second kappa shape index (κ2) is 8.90. The van der Waals surface area contributed by atoms with Gasteiger partial charge in [0.2, 0.25) is 0 Å². The Morgan fingerprint density at radius 2 is 1.35 bits per heavy atom. The Hall–Kier alpha value is -3.15. The van der Waals surface area contributed by atoms with Gasteiger partial charge in [-0.2, -0.15) is 0 Å². The first-order chi connectivity index (χ1) is 16.1. The molecule has 2 N–H and O–H groups in total. The lowest BCUT2D eigenvalue weighted by Gasteiger charge is -2.31. The zero-order valence-electron chi connectivity index (χ0n) is 20.0. The van der Waals surface area contributed by atoms with Gasteiger partial charge in [0.1, 0.15) is 0 Å². The fourth-order valence-corrected chi connectivity index (χ4v) is 5.72. The summed E-state index contributed by atoms with van der Waals surface area (Å²) in [6.45, 7) is 7.59. The van der Waals surface area contributed by atoms with Gasteiger partial charge in [-0.05, 0) is 22.6 Å². The number of rotatable bonds is 6. The molecule has 0 unspecified atom stereocenters. The third-order valence-corrected chi connectivity index (χ3v) is 7.73. The molecule has 1 aromatic heterocycles. The number of para-hydroxylation sites is 1. The van der Waals surface area contributed by atoms with Crippen LogP contribution in [0.1, 0.15) is 50.1 Å². The Kier molecular flexibility index (Phi) is 6.28. The first-order valence-corrected chi connectivity index (χ1v) is 13.1. The van der Waals surface area contributed by atoms with Gasteiger partial charge in [-0.1, -0.05) is 113 Å². The monoisotopic (exact) mass is 473 g/mol. The van der Waals surface area contributed by atoms with Crippen molar-refractivity contribution in [3.63, 3.8) is 0 Å². The maximum Gasteiger partial charge on any atom is 0.178 e. The van der Waals surface area contributed by atoms with Crippen LogP contribution in [0.5, 0.6) is 0 Å². The highest BCUT2D eigenvalue weighted by molar-refractivity contribution is 8.00. The second-order valence-electron chi connectivity index (χ2n) is 9.64. The predicted molar refractivity (Wildman–Crippen MR) is 140 cm³/mol. The fraction of sp³-hybridized carbons (Fsp3) is 0.241. The van der Waals surface area contributed by atoms with E-state index < -0.39 is 20.9 Å². The van der Waals surface area contributed by atoms with Crippen LogP contribution < -0.4 is 0 Å². The highest BCUT2D eigenvalue weighted by Gasteiger charge is 2.40. The van der Waals surface area contributed by atoms with Crippen molar-refractivity contribution in [1.82, 2.24) is 4.98 Å². The van der Waals surface area contributed by atoms with Gasteiger partial charge in [-0.3, -0.25) is 0 Å². The Labute approximate surface area is 201 Å². The van der Waals surface area contributed by atoms with Crippen molar-refractivity contribution in [1.29, 1.82) is 0 Å². The van der Waals surface area contributed by atoms with Crippen LogP contribution in [0.15, 0.2) is 91.0 Å². The number of allylic oxidation sites excluding steroid dienone is 1. The molecule has 1 heterocycles. The zero-order valence-corrected chi connectivity index (χ0v) is 20.9. The van der Waals surface area contributed by atoms with Gasteiger partial charge in [0.05, 0.1) is 16.4 Å². The van der Waals surface area contributed by atoms with Crippen LogP contribution in [0, 0.1) is 5.41 Å². The van der Waals surface area contributed by atoms with E-state index in [2.05, 4.69) is 4.98 Å². The van der Waals surface area contributed by atoms with Crippen molar-refractivity contribution < 1.29 is 13.5 Å². The minimum absolute atomic E-state index is 0.0387. The number of aromatic nitrogens is 1. The Morgan fingerprint density at radius 1 is 0.853 bits per heavy atom. The van der Waals surface area contributed by atoms with Crippen LogP contribution in [-0.4, -0.2) is 24.3 Å². The minimum atomic E-state index is -3.63. The summed E-state index contributed by atoms with van der Waals surface area (Å²) < 4.78 is 27.0. The van der Waals surface area contributed by atoms with Gasteiger partial charge < -0.3 is 10.1 Å². The molecule has 0 radical (unpaired) electrons. The number of aliphatic hydroxyl groups is 1. The van der Waals surface area contributed by atoms with Crippen molar-refractivity contribution in [2.75, 3.05) is 5.75 Å². The molecule has 34 heavy (non-hydrogen) atoms. The van der Waals surface area contributed by atoms with Crippen LogP contribution in [0.3, 0.4) is 0 Å². The van der Waals surface area contributed by atoms with Gasteiger partial charge in [0.25, 0.3) is 0 Å². The lowest BCUT2D eigenvalue weighted by Crippen LogP contribution is -2.31. The highest BCUT2D eigenvalue weighted by Crippen LogP contribution is 2.44. The van der Waals surface area contributed by atoms with E-state index in [9.17, 15) is 13.5 Å². The lowest BCUT2D eigenvalue weighted by molar-refractivity contribution is 0.121. The molecule has 176 valence electrons. The van der Waals surface area contributed by atoms with E-state index in [1.54, 1.807) is 13.0 Å². The van der Waals surface area contributed by atoms with Gasteiger partial charge in [0, 0.05) is 16.5 Å². The molecular formula is C29H31NO3S. The van der Waals surface area contributed by atoms with Crippen LogP contribution in [0.2, 0.25) is 0 Å². The van der Waals surface area contributed by atoms with Crippen LogP contribution >= 0.6 is 0 Å². The average Bonchev–Trinajstić information content (AvgIpc) is 3.22. The normalized spacial score (nSPS) is 13.4. The summed E-state index contributed by atoms with van der Waals surface area (Å²) in [7, 11) is -3.63. The van der Waals surface area contributed by atoms with Gasteiger partial charge in [0.15, 0.2) is 15.4 Å². The second-order valence-corrected chi connectivity index (χ2v) is 11.9. The molecule has 0 spiro atoms. The zero-order chi connectivity index (χ0) is 24.6. The standard InChI is InChI=1S/C29H31NO3S/c1-5-34(32,33)25(20-28(2,3)4)26-23-18-12-13-19-24(23)30-27(26)29(31,21-14-8-6-9-15-21)22-16-10-7-11-17-22/h6-20,30-31H,5H2,1-4H3/b25-20+. The van der Waals surface area contributed by atoms with Crippen molar-refractivity contribution >= 4 is 25.6 Å². The van der Waals surface area contributed by atoms with E-state index in [-0.39, 0.29) is 10.7 Å². The van der Waals surface area contributed by atoms with Crippen LogP contribution in [0.4, 0.5) is 0 Å². The third-order valence-electron chi connectivity index (χ3n) is 5.98. The number of nitrogens with one attached hydrogen (secondary N) is 1. The van der Waals surface area contributed by atoms with E-state index in [0.717, 1.165) is 10.9 Å². The van der Waals surface area contributed by atoms with Crippen LogP contribution in [-0.2, 0) is 15.4 Å². The van der Waals surface area contributed by atoms with Crippen molar-refractivity contribution in [2.45, 2.75) is 33.3 Å². The summed E-state index contributed by atoms with van der Waals surface area (Å²) in [5.74, 6) is -0.0387. The molecule has 4 rings (SSSR count). The lowest BCUT2D eigenvalue weighted by atomic mass is 9.81. The molecule has 4 aromatic rings. The molecule has 4 nitrogen and oxygen atoms in total. The Balaban J connectivity index is 2.19. The van der Waals surface area contributed by atoms with Crippen molar-refractivity contribution in [2.24, 2.45) is 5.41 Å². The highest BCUT2D eigenvalue weighted by atomic mass is 32.2.